The Balaban J connectivity index is 1.87. The van der Waals surface area contributed by atoms with Crippen molar-refractivity contribution in [1.82, 2.24) is 0 Å². The molecule has 0 aliphatic rings. The predicted molar refractivity (Wildman–Crippen MR) is 82.6 cm³/mol. The Morgan fingerprint density at radius 2 is 1.86 bits per heavy atom. The number of methoxy groups -OCH3 is 1. The van der Waals surface area contributed by atoms with Crippen molar-refractivity contribution in [3.05, 3.63) is 59.7 Å². The van der Waals surface area contributed by atoms with Gasteiger partial charge in [0.15, 0.2) is 0 Å². The number of rotatable bonds is 5. The SMILES string of the molecule is COc1ccc(CCOc2cccc(C#CCO)c2)cc1. The molecule has 2 aromatic carbocycles. The highest BCUT2D eigenvalue weighted by Gasteiger charge is 1.98. The molecule has 0 heterocycles. The van der Waals surface area contributed by atoms with Gasteiger partial charge in [0.05, 0.1) is 13.7 Å². The van der Waals surface area contributed by atoms with Crippen molar-refractivity contribution in [3.63, 3.8) is 0 Å². The largest absolute Gasteiger partial charge is 0.497 e. The van der Waals surface area contributed by atoms with Crippen LogP contribution >= 0.6 is 0 Å². The molecule has 0 unspecified atom stereocenters. The Kier molecular flexibility index (Phi) is 5.69. The molecule has 0 saturated carbocycles. The fourth-order valence-corrected chi connectivity index (χ4v) is 1.88. The van der Waals surface area contributed by atoms with Crippen LogP contribution in [0.3, 0.4) is 0 Å². The maximum atomic E-state index is 8.69. The molecule has 2 aromatic rings. The number of aliphatic hydroxyl groups is 1. The first-order chi connectivity index (χ1) is 10.3. The van der Waals surface area contributed by atoms with Gasteiger partial charge in [-0.2, -0.15) is 0 Å². The summed E-state index contributed by atoms with van der Waals surface area (Å²) < 4.78 is 10.9. The molecule has 0 spiro atoms. The lowest BCUT2D eigenvalue weighted by Gasteiger charge is -2.07. The average molecular weight is 282 g/mol. The molecule has 0 aromatic heterocycles. The van der Waals surface area contributed by atoms with Gasteiger partial charge in [-0.15, -0.1) is 0 Å². The van der Waals surface area contributed by atoms with E-state index in [1.54, 1.807) is 7.11 Å². The number of benzene rings is 2. The second-order valence-electron chi connectivity index (χ2n) is 4.43. The number of hydrogen-bond acceptors (Lipinski definition) is 3. The molecular formula is C18H18O3. The Hall–Kier alpha value is -2.44. The first kappa shape index (κ1) is 15.0. The van der Waals surface area contributed by atoms with E-state index in [0.717, 1.165) is 23.5 Å². The molecule has 0 radical (unpaired) electrons. The van der Waals surface area contributed by atoms with Gasteiger partial charge in [-0.05, 0) is 35.9 Å². The van der Waals surface area contributed by atoms with Crippen LogP contribution in [0.4, 0.5) is 0 Å². The van der Waals surface area contributed by atoms with E-state index in [0.29, 0.717) is 6.61 Å². The summed E-state index contributed by atoms with van der Waals surface area (Å²) in [4.78, 5) is 0. The standard InChI is InChI=1S/C18H18O3/c1-20-17-9-7-15(8-10-17)11-13-21-18-6-2-4-16(14-18)5-3-12-19/h2,4,6-10,14,19H,11-13H2,1H3. The van der Waals surface area contributed by atoms with Crippen molar-refractivity contribution in [3.8, 4) is 23.3 Å². The number of hydrogen-bond donors (Lipinski definition) is 1. The van der Waals surface area contributed by atoms with Gasteiger partial charge in [0.2, 0.25) is 0 Å². The van der Waals surface area contributed by atoms with E-state index in [4.69, 9.17) is 14.6 Å². The zero-order valence-electron chi connectivity index (χ0n) is 12.0. The van der Waals surface area contributed by atoms with E-state index in [9.17, 15) is 0 Å². The highest BCUT2D eigenvalue weighted by Crippen LogP contribution is 2.14. The maximum Gasteiger partial charge on any atom is 0.120 e. The van der Waals surface area contributed by atoms with E-state index < -0.39 is 0 Å². The average Bonchev–Trinajstić information content (AvgIpc) is 2.54. The third-order valence-corrected chi connectivity index (χ3v) is 2.96. The fraction of sp³-hybridized carbons (Fsp3) is 0.222. The molecule has 0 saturated heterocycles. The third-order valence-electron chi connectivity index (χ3n) is 2.96. The van der Waals surface area contributed by atoms with E-state index in [1.165, 1.54) is 5.56 Å². The molecular weight excluding hydrogens is 264 g/mol. The van der Waals surface area contributed by atoms with Crippen molar-refractivity contribution in [2.45, 2.75) is 6.42 Å². The number of ether oxygens (including phenoxy) is 2. The minimum atomic E-state index is -0.136. The summed E-state index contributed by atoms with van der Waals surface area (Å²) in [5, 5.41) is 8.69. The summed E-state index contributed by atoms with van der Waals surface area (Å²) in [5.74, 6) is 7.13. The summed E-state index contributed by atoms with van der Waals surface area (Å²) in [6, 6.07) is 15.5. The van der Waals surface area contributed by atoms with Gasteiger partial charge in [-0.3, -0.25) is 0 Å². The van der Waals surface area contributed by atoms with Gasteiger partial charge in [0, 0.05) is 12.0 Å². The van der Waals surface area contributed by atoms with Crippen LogP contribution in [-0.2, 0) is 6.42 Å². The normalized spacial score (nSPS) is 9.62. The minimum absolute atomic E-state index is 0.136. The van der Waals surface area contributed by atoms with Crippen LogP contribution in [-0.4, -0.2) is 25.4 Å². The highest BCUT2D eigenvalue weighted by molar-refractivity contribution is 5.39. The lowest BCUT2D eigenvalue weighted by atomic mass is 10.1. The first-order valence-electron chi connectivity index (χ1n) is 6.77. The lowest BCUT2D eigenvalue weighted by Crippen LogP contribution is -2.01. The highest BCUT2D eigenvalue weighted by atomic mass is 16.5. The quantitative estimate of drug-likeness (QED) is 0.857. The predicted octanol–water partition coefficient (Wildman–Crippen LogP) is 2.66. The van der Waals surface area contributed by atoms with Gasteiger partial charge < -0.3 is 14.6 Å². The molecule has 2 rings (SSSR count). The van der Waals surface area contributed by atoms with Crippen LogP contribution in [0, 0.1) is 11.8 Å². The van der Waals surface area contributed by atoms with Crippen molar-refractivity contribution in [2.75, 3.05) is 20.3 Å². The molecule has 3 nitrogen and oxygen atoms in total. The minimum Gasteiger partial charge on any atom is -0.497 e. The molecule has 0 bridgehead atoms. The Bertz CT molecular complexity index is 621. The molecule has 3 heteroatoms. The molecule has 0 atom stereocenters. The first-order valence-corrected chi connectivity index (χ1v) is 6.77. The van der Waals surface area contributed by atoms with Crippen LogP contribution in [0.15, 0.2) is 48.5 Å². The molecule has 21 heavy (non-hydrogen) atoms. The Morgan fingerprint density at radius 1 is 1.05 bits per heavy atom. The van der Waals surface area contributed by atoms with E-state index >= 15 is 0 Å². The topological polar surface area (TPSA) is 38.7 Å². The molecule has 1 N–H and O–H groups in total. The van der Waals surface area contributed by atoms with Gasteiger partial charge in [-0.1, -0.05) is 30.0 Å². The smallest absolute Gasteiger partial charge is 0.120 e. The van der Waals surface area contributed by atoms with Crippen LogP contribution in [0.2, 0.25) is 0 Å². The van der Waals surface area contributed by atoms with Gasteiger partial charge in [-0.25, -0.2) is 0 Å². The lowest BCUT2D eigenvalue weighted by molar-refractivity contribution is 0.322. The molecule has 0 fully saturated rings. The van der Waals surface area contributed by atoms with Crippen LogP contribution in [0.1, 0.15) is 11.1 Å². The second kappa shape index (κ2) is 7.98. The Morgan fingerprint density at radius 3 is 2.57 bits per heavy atom. The summed E-state index contributed by atoms with van der Waals surface area (Å²) in [5.41, 5.74) is 2.04. The summed E-state index contributed by atoms with van der Waals surface area (Å²) >= 11 is 0. The van der Waals surface area contributed by atoms with Crippen LogP contribution in [0.25, 0.3) is 0 Å². The monoisotopic (exact) mass is 282 g/mol. The van der Waals surface area contributed by atoms with Crippen molar-refractivity contribution >= 4 is 0 Å². The molecule has 0 amide bonds. The van der Waals surface area contributed by atoms with E-state index in [2.05, 4.69) is 11.8 Å². The van der Waals surface area contributed by atoms with Gasteiger partial charge in [0.1, 0.15) is 18.1 Å². The van der Waals surface area contributed by atoms with Crippen LogP contribution < -0.4 is 9.47 Å². The van der Waals surface area contributed by atoms with Crippen molar-refractivity contribution < 1.29 is 14.6 Å². The number of aliphatic hydroxyl groups excluding tert-OH is 1. The maximum absolute atomic E-state index is 8.69. The Labute approximate surface area is 125 Å². The van der Waals surface area contributed by atoms with Gasteiger partial charge in [0.25, 0.3) is 0 Å². The molecule has 0 aliphatic carbocycles. The fourth-order valence-electron chi connectivity index (χ4n) is 1.88. The molecule has 0 aliphatic heterocycles. The van der Waals surface area contributed by atoms with Gasteiger partial charge >= 0.3 is 0 Å². The van der Waals surface area contributed by atoms with Crippen molar-refractivity contribution in [1.29, 1.82) is 0 Å². The van der Waals surface area contributed by atoms with Crippen LogP contribution in [0.5, 0.6) is 11.5 Å². The molecule has 108 valence electrons. The van der Waals surface area contributed by atoms with E-state index in [1.807, 2.05) is 48.5 Å². The van der Waals surface area contributed by atoms with E-state index in [-0.39, 0.29) is 6.61 Å². The third kappa shape index (κ3) is 4.87. The summed E-state index contributed by atoms with van der Waals surface area (Å²) in [6.07, 6.45) is 0.830. The zero-order valence-corrected chi connectivity index (χ0v) is 12.0. The summed E-state index contributed by atoms with van der Waals surface area (Å²) in [7, 11) is 1.66. The second-order valence-corrected chi connectivity index (χ2v) is 4.43. The van der Waals surface area contributed by atoms with Crippen molar-refractivity contribution in [2.24, 2.45) is 0 Å². The summed E-state index contributed by atoms with van der Waals surface area (Å²) in [6.45, 7) is 0.464. The zero-order chi connectivity index (χ0) is 14.9.